The van der Waals surface area contributed by atoms with Gasteiger partial charge in [-0.15, -0.1) is 0 Å². The van der Waals surface area contributed by atoms with Crippen LogP contribution in [0.25, 0.3) is 16.9 Å². The van der Waals surface area contributed by atoms with Crippen LogP contribution in [0.3, 0.4) is 0 Å². The third-order valence-electron chi connectivity index (χ3n) is 6.70. The molecule has 8 heteroatoms. The number of benzene rings is 2. The van der Waals surface area contributed by atoms with Crippen molar-refractivity contribution in [3.05, 3.63) is 96.4 Å². The van der Waals surface area contributed by atoms with Crippen molar-refractivity contribution in [1.29, 1.82) is 0 Å². The van der Waals surface area contributed by atoms with Crippen molar-refractivity contribution >= 4 is 22.7 Å². The molecule has 1 unspecified atom stereocenters. The number of nitrogens with zero attached hydrogens (tertiary/aromatic N) is 4. The van der Waals surface area contributed by atoms with E-state index in [-0.39, 0.29) is 11.5 Å². The molecule has 36 heavy (non-hydrogen) atoms. The van der Waals surface area contributed by atoms with Gasteiger partial charge in [-0.05, 0) is 42.8 Å². The van der Waals surface area contributed by atoms with Crippen molar-refractivity contribution in [2.24, 2.45) is 5.41 Å². The number of ether oxygens (including phenoxy) is 2. The molecule has 0 fully saturated rings. The van der Waals surface area contributed by atoms with E-state index in [0.717, 1.165) is 47.0 Å². The van der Waals surface area contributed by atoms with Crippen LogP contribution in [0.2, 0.25) is 0 Å². The normalized spacial score (nSPS) is 19.5. The average molecular weight is 481 g/mol. The molecular formula is C28H28N6O2. The van der Waals surface area contributed by atoms with Gasteiger partial charge in [-0.2, -0.15) is 4.98 Å². The zero-order valence-corrected chi connectivity index (χ0v) is 20.3. The summed E-state index contributed by atoms with van der Waals surface area (Å²) in [6.07, 6.45) is 8.60. The highest BCUT2D eigenvalue weighted by molar-refractivity contribution is 5.81. The fourth-order valence-corrected chi connectivity index (χ4v) is 4.60. The van der Waals surface area contributed by atoms with Gasteiger partial charge in [0.15, 0.2) is 5.76 Å². The largest absolute Gasteiger partial charge is 0.458 e. The molecule has 182 valence electrons. The zero-order chi connectivity index (χ0) is 24.5. The van der Waals surface area contributed by atoms with Crippen molar-refractivity contribution in [2.45, 2.75) is 26.3 Å². The van der Waals surface area contributed by atoms with Gasteiger partial charge in [-0.25, -0.2) is 9.97 Å². The molecule has 1 aliphatic carbocycles. The molecular weight excluding hydrogens is 452 g/mol. The summed E-state index contributed by atoms with van der Waals surface area (Å²) in [5, 5.41) is 6.96. The number of fused-ring (bicyclic) bond motifs is 1. The Kier molecular flexibility index (Phi) is 5.56. The molecule has 0 saturated heterocycles. The second kappa shape index (κ2) is 9.03. The molecule has 1 aliphatic heterocycles. The molecule has 2 aliphatic rings. The minimum absolute atomic E-state index is 0.0535. The number of rotatable bonds is 7. The molecule has 2 atom stereocenters. The van der Waals surface area contributed by atoms with Crippen LogP contribution in [0, 0.1) is 5.41 Å². The summed E-state index contributed by atoms with van der Waals surface area (Å²) in [5.41, 5.74) is 4.03. The average Bonchev–Trinajstić information content (AvgIpc) is 3.54. The van der Waals surface area contributed by atoms with E-state index in [9.17, 15) is 0 Å². The lowest BCUT2D eigenvalue weighted by Crippen LogP contribution is -2.27. The summed E-state index contributed by atoms with van der Waals surface area (Å²) < 4.78 is 13.1. The molecule has 3 heterocycles. The van der Waals surface area contributed by atoms with Crippen molar-refractivity contribution in [3.63, 3.8) is 0 Å². The highest BCUT2D eigenvalue weighted by atomic mass is 16.7. The van der Waals surface area contributed by atoms with Crippen molar-refractivity contribution in [2.75, 3.05) is 24.0 Å². The quantitative estimate of drug-likeness (QED) is 0.357. The van der Waals surface area contributed by atoms with Gasteiger partial charge < -0.3 is 20.1 Å². The minimum atomic E-state index is -0.0535. The Morgan fingerprint density at radius 1 is 1.08 bits per heavy atom. The van der Waals surface area contributed by atoms with Gasteiger partial charge in [-0.3, -0.25) is 4.57 Å². The van der Waals surface area contributed by atoms with Gasteiger partial charge in [0.1, 0.15) is 17.9 Å². The number of imidazole rings is 1. The SMILES string of the molecule is C[C@H](Nc1nccc(-n2cnc3cc(NCC4(C)C=CC5=C(C4)OCO5)ccc32)n1)c1ccccc1. The number of aromatic nitrogens is 4. The van der Waals surface area contributed by atoms with Crippen molar-refractivity contribution < 1.29 is 9.47 Å². The van der Waals surface area contributed by atoms with E-state index >= 15 is 0 Å². The van der Waals surface area contributed by atoms with Crippen molar-refractivity contribution in [1.82, 2.24) is 19.5 Å². The fraction of sp³-hybridized carbons (Fsp3) is 0.250. The standard InChI is InChI=1S/C28H28N6O2/c1-19(20-6-4-3-5-7-20)32-27-29-13-11-26(33-27)34-17-31-22-14-21(8-9-23(22)34)30-16-28(2)12-10-24-25(15-28)36-18-35-24/h3-14,17,19,30H,15-16,18H2,1-2H3,(H,29,32,33)/t19-,28?/m0/s1. The molecule has 2 aromatic carbocycles. The number of hydrogen-bond donors (Lipinski definition) is 2. The van der Waals surface area contributed by atoms with Gasteiger partial charge in [0.05, 0.1) is 17.1 Å². The van der Waals surface area contributed by atoms with Gasteiger partial charge in [-0.1, -0.05) is 43.3 Å². The predicted octanol–water partition coefficient (Wildman–Crippen LogP) is 5.58. The Hall–Kier alpha value is -4.33. The molecule has 0 spiro atoms. The number of nitrogens with one attached hydrogen (secondary N) is 2. The first kappa shape index (κ1) is 22.2. The van der Waals surface area contributed by atoms with Crippen LogP contribution in [-0.4, -0.2) is 32.9 Å². The molecule has 2 N–H and O–H groups in total. The molecule has 4 aromatic rings. The van der Waals surface area contributed by atoms with Gasteiger partial charge >= 0.3 is 0 Å². The maximum atomic E-state index is 5.61. The Labute approximate surface area is 209 Å². The summed E-state index contributed by atoms with van der Waals surface area (Å²) in [6, 6.07) is 18.5. The van der Waals surface area contributed by atoms with Gasteiger partial charge in [0, 0.05) is 30.3 Å². The van der Waals surface area contributed by atoms with E-state index in [0.29, 0.717) is 12.7 Å². The summed E-state index contributed by atoms with van der Waals surface area (Å²) in [5.74, 6) is 3.14. The van der Waals surface area contributed by atoms with E-state index in [1.165, 1.54) is 5.56 Å². The second-order valence-corrected chi connectivity index (χ2v) is 9.54. The van der Waals surface area contributed by atoms with E-state index in [4.69, 9.17) is 14.5 Å². The first-order valence-electron chi connectivity index (χ1n) is 12.1. The van der Waals surface area contributed by atoms with Crippen LogP contribution in [-0.2, 0) is 9.47 Å². The maximum Gasteiger partial charge on any atom is 0.230 e. The monoisotopic (exact) mass is 480 g/mol. The van der Waals surface area contributed by atoms with Crippen LogP contribution in [0.15, 0.2) is 90.8 Å². The van der Waals surface area contributed by atoms with Crippen LogP contribution in [0.4, 0.5) is 11.6 Å². The summed E-state index contributed by atoms with van der Waals surface area (Å²) in [4.78, 5) is 13.8. The molecule has 6 rings (SSSR count). The summed E-state index contributed by atoms with van der Waals surface area (Å²) in [6.45, 7) is 5.40. The van der Waals surface area contributed by atoms with Crippen LogP contribution >= 0.6 is 0 Å². The predicted molar refractivity (Wildman–Crippen MR) is 140 cm³/mol. The number of allylic oxidation sites excluding steroid dienone is 2. The topological polar surface area (TPSA) is 86.1 Å². The molecule has 0 bridgehead atoms. The second-order valence-electron chi connectivity index (χ2n) is 9.54. The van der Waals surface area contributed by atoms with Crippen molar-refractivity contribution in [3.8, 4) is 5.82 Å². The Bertz CT molecular complexity index is 1460. The van der Waals surface area contributed by atoms with E-state index < -0.39 is 0 Å². The Morgan fingerprint density at radius 2 is 1.97 bits per heavy atom. The Morgan fingerprint density at radius 3 is 2.86 bits per heavy atom. The smallest absolute Gasteiger partial charge is 0.230 e. The minimum Gasteiger partial charge on any atom is -0.458 e. The molecule has 2 aromatic heterocycles. The van der Waals surface area contributed by atoms with Gasteiger partial charge in [0.25, 0.3) is 0 Å². The van der Waals surface area contributed by atoms with Gasteiger partial charge in [0.2, 0.25) is 12.7 Å². The highest BCUT2D eigenvalue weighted by Gasteiger charge is 2.31. The molecule has 0 amide bonds. The van der Waals surface area contributed by atoms with Crippen LogP contribution in [0.5, 0.6) is 0 Å². The summed E-state index contributed by atoms with van der Waals surface area (Å²) in [7, 11) is 0. The fourth-order valence-electron chi connectivity index (χ4n) is 4.60. The lowest BCUT2D eigenvalue weighted by Gasteiger charge is -2.29. The lowest BCUT2D eigenvalue weighted by molar-refractivity contribution is 0.0702. The number of hydrogen-bond acceptors (Lipinski definition) is 7. The lowest BCUT2D eigenvalue weighted by atomic mass is 9.82. The third kappa shape index (κ3) is 4.37. The first-order valence-corrected chi connectivity index (χ1v) is 12.1. The van der Waals surface area contributed by atoms with E-state index in [1.54, 1.807) is 12.5 Å². The third-order valence-corrected chi connectivity index (χ3v) is 6.70. The van der Waals surface area contributed by atoms with Crippen LogP contribution in [0.1, 0.15) is 31.9 Å². The maximum absolute atomic E-state index is 5.61. The van der Waals surface area contributed by atoms with Crippen LogP contribution < -0.4 is 10.6 Å². The first-order chi connectivity index (χ1) is 17.6. The molecule has 0 saturated carbocycles. The number of anilines is 2. The molecule has 8 nitrogen and oxygen atoms in total. The Balaban J connectivity index is 1.17. The zero-order valence-electron chi connectivity index (χ0n) is 20.3. The van der Waals surface area contributed by atoms with E-state index in [1.807, 2.05) is 34.9 Å². The molecule has 0 radical (unpaired) electrons. The highest BCUT2D eigenvalue weighted by Crippen LogP contribution is 2.37. The van der Waals surface area contributed by atoms with E-state index in [2.05, 4.69) is 70.9 Å². The summed E-state index contributed by atoms with van der Waals surface area (Å²) >= 11 is 0.